The number of ether oxygens (including phenoxy) is 1. The van der Waals surface area contributed by atoms with Gasteiger partial charge in [0.1, 0.15) is 6.61 Å². The van der Waals surface area contributed by atoms with Gasteiger partial charge >= 0.3 is 0 Å². The Balaban J connectivity index is 1.72. The number of nitriles is 1. The minimum atomic E-state index is -0.193. The molecule has 0 aromatic carbocycles. The smallest absolute Gasteiger partial charge is 0.246 e. The van der Waals surface area contributed by atoms with E-state index in [1.165, 1.54) is 0 Å². The first-order chi connectivity index (χ1) is 8.13. The molecule has 5 heteroatoms. The van der Waals surface area contributed by atoms with E-state index >= 15 is 0 Å². The van der Waals surface area contributed by atoms with Gasteiger partial charge in [0.05, 0.1) is 17.6 Å². The van der Waals surface area contributed by atoms with Gasteiger partial charge in [-0.1, -0.05) is 0 Å². The fraction of sp³-hybridized carbons (Fsp3) is 0.833. The van der Waals surface area contributed by atoms with Crippen molar-refractivity contribution in [3.8, 4) is 6.07 Å². The molecule has 1 heterocycles. The maximum atomic E-state index is 11.7. The van der Waals surface area contributed by atoms with Crippen molar-refractivity contribution in [3.63, 3.8) is 0 Å². The minimum Gasteiger partial charge on any atom is -0.363 e. The fourth-order valence-electron chi connectivity index (χ4n) is 2.35. The molecule has 1 saturated heterocycles. The normalized spacial score (nSPS) is 30.4. The predicted octanol–water partition coefficient (Wildman–Crippen LogP) is 0.173. The van der Waals surface area contributed by atoms with Crippen molar-refractivity contribution in [1.82, 2.24) is 10.6 Å². The number of hydrogen-bond acceptors (Lipinski definition) is 4. The van der Waals surface area contributed by atoms with Gasteiger partial charge in [-0.3, -0.25) is 4.79 Å². The van der Waals surface area contributed by atoms with Crippen molar-refractivity contribution in [3.05, 3.63) is 0 Å². The third-order valence-electron chi connectivity index (χ3n) is 3.58. The van der Waals surface area contributed by atoms with Gasteiger partial charge in [-0.05, 0) is 26.2 Å². The van der Waals surface area contributed by atoms with Crippen LogP contribution in [-0.2, 0) is 9.53 Å². The van der Waals surface area contributed by atoms with Crippen molar-refractivity contribution in [2.75, 3.05) is 19.7 Å². The summed E-state index contributed by atoms with van der Waals surface area (Å²) in [5, 5.41) is 14.9. The van der Waals surface area contributed by atoms with E-state index in [9.17, 15) is 4.79 Å². The number of nitrogens with one attached hydrogen (secondary N) is 2. The Hall–Kier alpha value is -1.12. The number of nitrogens with zero attached hydrogens (tertiary/aromatic N) is 1. The molecule has 0 bridgehead atoms. The lowest BCUT2D eigenvalue weighted by Gasteiger charge is -2.38. The van der Waals surface area contributed by atoms with Gasteiger partial charge in [-0.2, -0.15) is 5.26 Å². The summed E-state index contributed by atoms with van der Waals surface area (Å²) in [4.78, 5) is 11.7. The van der Waals surface area contributed by atoms with Crippen molar-refractivity contribution in [1.29, 1.82) is 5.26 Å². The summed E-state index contributed by atoms with van der Waals surface area (Å²) >= 11 is 0. The third kappa shape index (κ3) is 2.96. The molecule has 2 unspecified atom stereocenters. The van der Waals surface area contributed by atoms with Crippen LogP contribution in [0.1, 0.15) is 26.2 Å². The van der Waals surface area contributed by atoms with Crippen LogP contribution in [-0.4, -0.2) is 37.2 Å². The monoisotopic (exact) mass is 237 g/mol. The molecule has 94 valence electrons. The van der Waals surface area contributed by atoms with Crippen molar-refractivity contribution in [2.45, 2.75) is 37.8 Å². The summed E-state index contributed by atoms with van der Waals surface area (Å²) in [7, 11) is 0. The zero-order chi connectivity index (χ0) is 12.3. The lowest BCUT2D eigenvalue weighted by Crippen LogP contribution is -2.59. The lowest BCUT2D eigenvalue weighted by molar-refractivity contribution is -0.136. The van der Waals surface area contributed by atoms with Gasteiger partial charge in [0.25, 0.3) is 0 Å². The second-order valence-corrected chi connectivity index (χ2v) is 5.18. The van der Waals surface area contributed by atoms with Gasteiger partial charge in [0, 0.05) is 19.1 Å². The van der Waals surface area contributed by atoms with Gasteiger partial charge in [-0.15, -0.1) is 0 Å². The van der Waals surface area contributed by atoms with E-state index in [1.54, 1.807) is 0 Å². The zero-order valence-electron chi connectivity index (χ0n) is 10.2. The van der Waals surface area contributed by atoms with Crippen LogP contribution in [0.15, 0.2) is 0 Å². The molecule has 17 heavy (non-hydrogen) atoms. The van der Waals surface area contributed by atoms with E-state index in [1.807, 2.05) is 6.92 Å². The summed E-state index contributed by atoms with van der Waals surface area (Å²) in [5.41, 5.74) is -0.193. The van der Waals surface area contributed by atoms with Crippen LogP contribution in [0.25, 0.3) is 0 Å². The van der Waals surface area contributed by atoms with Gasteiger partial charge in [0.15, 0.2) is 0 Å². The molecular weight excluding hydrogens is 218 g/mol. The number of carbonyl (C=O) groups is 1. The van der Waals surface area contributed by atoms with Crippen molar-refractivity contribution < 1.29 is 9.53 Å². The molecule has 0 spiro atoms. The van der Waals surface area contributed by atoms with Crippen LogP contribution in [0, 0.1) is 17.2 Å². The maximum Gasteiger partial charge on any atom is 0.246 e. The summed E-state index contributed by atoms with van der Waals surface area (Å²) < 4.78 is 5.55. The number of carbonyl (C=O) groups excluding carboxylic acids is 1. The molecule has 2 atom stereocenters. The molecule has 2 aliphatic rings. The fourth-order valence-corrected chi connectivity index (χ4v) is 2.35. The molecule has 1 aliphatic carbocycles. The summed E-state index contributed by atoms with van der Waals surface area (Å²) in [6.45, 7) is 3.67. The Morgan fingerprint density at radius 3 is 2.94 bits per heavy atom. The minimum absolute atomic E-state index is 0.0171. The first-order valence-corrected chi connectivity index (χ1v) is 6.17. The topological polar surface area (TPSA) is 74.1 Å². The Morgan fingerprint density at radius 1 is 1.59 bits per heavy atom. The van der Waals surface area contributed by atoms with E-state index in [0.29, 0.717) is 0 Å². The second kappa shape index (κ2) is 5.03. The first kappa shape index (κ1) is 12.3. The van der Waals surface area contributed by atoms with Crippen LogP contribution >= 0.6 is 0 Å². The SMILES string of the molecule is CC1(OCC(=O)NC2CCCC2C#N)CNC1. The third-order valence-corrected chi connectivity index (χ3v) is 3.58. The van der Waals surface area contributed by atoms with E-state index < -0.39 is 0 Å². The summed E-state index contributed by atoms with van der Waals surface area (Å²) in [6.07, 6.45) is 2.82. The van der Waals surface area contributed by atoms with Crippen LogP contribution in [0.2, 0.25) is 0 Å². The number of hydrogen-bond donors (Lipinski definition) is 2. The molecule has 2 rings (SSSR count). The Bertz CT molecular complexity index is 333. The average molecular weight is 237 g/mol. The van der Waals surface area contributed by atoms with Crippen LogP contribution in [0.4, 0.5) is 0 Å². The molecule has 0 radical (unpaired) electrons. The van der Waals surface area contributed by atoms with E-state index in [4.69, 9.17) is 10.00 Å². The van der Waals surface area contributed by atoms with Gasteiger partial charge in [-0.25, -0.2) is 0 Å². The van der Waals surface area contributed by atoms with Crippen LogP contribution < -0.4 is 10.6 Å². The highest BCUT2D eigenvalue weighted by Gasteiger charge is 2.34. The van der Waals surface area contributed by atoms with Crippen molar-refractivity contribution >= 4 is 5.91 Å². The highest BCUT2D eigenvalue weighted by atomic mass is 16.5. The molecular formula is C12H19N3O2. The molecule has 1 amide bonds. The molecule has 2 fully saturated rings. The van der Waals surface area contributed by atoms with E-state index in [-0.39, 0.29) is 30.1 Å². The van der Waals surface area contributed by atoms with E-state index in [0.717, 1.165) is 32.4 Å². The lowest BCUT2D eigenvalue weighted by atomic mass is 10.0. The predicted molar refractivity (Wildman–Crippen MR) is 62.1 cm³/mol. The van der Waals surface area contributed by atoms with Gasteiger partial charge in [0.2, 0.25) is 5.91 Å². The molecule has 2 N–H and O–H groups in total. The summed E-state index contributed by atoms with van der Waals surface area (Å²) in [6, 6.07) is 2.27. The van der Waals surface area contributed by atoms with Crippen molar-refractivity contribution in [2.24, 2.45) is 5.92 Å². The van der Waals surface area contributed by atoms with E-state index in [2.05, 4.69) is 16.7 Å². The van der Waals surface area contributed by atoms with Crippen LogP contribution in [0.5, 0.6) is 0 Å². The highest BCUT2D eigenvalue weighted by Crippen LogP contribution is 2.24. The largest absolute Gasteiger partial charge is 0.363 e. The molecule has 1 saturated carbocycles. The average Bonchev–Trinajstić information content (AvgIpc) is 2.71. The molecule has 1 aliphatic heterocycles. The maximum absolute atomic E-state index is 11.7. The molecule has 0 aromatic rings. The molecule has 5 nitrogen and oxygen atoms in total. The Labute approximate surface area is 102 Å². The summed E-state index contributed by atoms with van der Waals surface area (Å²) in [5.74, 6) is -0.134. The highest BCUT2D eigenvalue weighted by molar-refractivity contribution is 5.77. The first-order valence-electron chi connectivity index (χ1n) is 6.17. The quantitative estimate of drug-likeness (QED) is 0.731. The standard InChI is InChI=1S/C12H19N3O2/c1-12(7-14-8-12)17-6-11(16)15-10-4-2-3-9(10)5-13/h9-10,14H,2-4,6-8H2,1H3,(H,15,16). The number of rotatable bonds is 4. The zero-order valence-corrected chi connectivity index (χ0v) is 10.2. The molecule has 0 aromatic heterocycles. The van der Waals surface area contributed by atoms with Crippen LogP contribution in [0.3, 0.4) is 0 Å². The Kier molecular flexibility index (Phi) is 3.65. The van der Waals surface area contributed by atoms with Gasteiger partial charge < -0.3 is 15.4 Å². The second-order valence-electron chi connectivity index (χ2n) is 5.18. The Morgan fingerprint density at radius 2 is 2.35 bits per heavy atom. The number of amides is 1.